The quantitative estimate of drug-likeness (QED) is 0.454. The highest BCUT2D eigenvalue weighted by Crippen LogP contribution is 2.19. The van der Waals surface area contributed by atoms with Gasteiger partial charge in [0, 0.05) is 37.0 Å². The van der Waals surface area contributed by atoms with Crippen LogP contribution in [0.4, 0.5) is 16.2 Å². The number of nitrogens with zero attached hydrogens (tertiary/aromatic N) is 5. The number of rotatable bonds is 5. The number of hydrogen-bond donors (Lipinski definition) is 2. The second kappa shape index (κ2) is 9.47. The van der Waals surface area contributed by atoms with E-state index in [2.05, 4.69) is 20.9 Å². The van der Waals surface area contributed by atoms with E-state index in [-0.39, 0.29) is 29.4 Å². The molecular formula is C22H23N7O4. The number of anilines is 1. The Morgan fingerprint density at radius 2 is 1.82 bits per heavy atom. The lowest BCUT2D eigenvalue weighted by molar-refractivity contribution is -0.384. The third-order valence-corrected chi connectivity index (χ3v) is 5.54. The number of urea groups is 1. The van der Waals surface area contributed by atoms with Crippen molar-refractivity contribution in [3.05, 3.63) is 76.1 Å². The van der Waals surface area contributed by atoms with Crippen molar-refractivity contribution in [2.75, 3.05) is 18.4 Å². The summed E-state index contributed by atoms with van der Waals surface area (Å²) < 4.78 is 1.40. The Bertz CT molecular complexity index is 1170. The molecule has 2 heterocycles. The van der Waals surface area contributed by atoms with Crippen molar-refractivity contribution in [2.45, 2.75) is 25.8 Å². The molecule has 11 heteroatoms. The zero-order chi connectivity index (χ0) is 23.4. The van der Waals surface area contributed by atoms with E-state index in [9.17, 15) is 19.7 Å². The fraction of sp³-hybridized carbons (Fsp3) is 0.273. The van der Waals surface area contributed by atoms with Crippen molar-refractivity contribution >= 4 is 23.3 Å². The summed E-state index contributed by atoms with van der Waals surface area (Å²) in [4.78, 5) is 37.5. The van der Waals surface area contributed by atoms with Gasteiger partial charge in [0.25, 0.3) is 11.6 Å². The van der Waals surface area contributed by atoms with Crippen molar-refractivity contribution in [3.8, 4) is 5.69 Å². The highest BCUT2D eigenvalue weighted by molar-refractivity contribution is 5.93. The van der Waals surface area contributed by atoms with Crippen LogP contribution in [0.3, 0.4) is 0 Å². The first-order valence-electron chi connectivity index (χ1n) is 10.5. The van der Waals surface area contributed by atoms with Gasteiger partial charge in [-0.15, -0.1) is 5.10 Å². The molecule has 3 aromatic rings. The summed E-state index contributed by atoms with van der Waals surface area (Å²) in [5.41, 5.74) is 1.75. The van der Waals surface area contributed by atoms with Gasteiger partial charge in [-0.3, -0.25) is 14.9 Å². The van der Waals surface area contributed by atoms with Crippen LogP contribution in [-0.2, 0) is 0 Å². The molecule has 0 unspecified atom stereocenters. The monoisotopic (exact) mass is 449 g/mol. The molecule has 1 aromatic heterocycles. The van der Waals surface area contributed by atoms with E-state index in [1.54, 1.807) is 24.0 Å². The molecule has 0 spiro atoms. The molecule has 1 aliphatic rings. The zero-order valence-electron chi connectivity index (χ0n) is 18.0. The highest BCUT2D eigenvalue weighted by Gasteiger charge is 2.26. The van der Waals surface area contributed by atoms with Gasteiger partial charge in [0.05, 0.1) is 16.3 Å². The first-order chi connectivity index (χ1) is 15.9. The number of nitro groups is 1. The van der Waals surface area contributed by atoms with Crippen LogP contribution in [-0.4, -0.2) is 55.9 Å². The average Bonchev–Trinajstić information content (AvgIpc) is 3.21. The summed E-state index contributed by atoms with van der Waals surface area (Å²) in [6.07, 6.45) is 1.23. The molecule has 11 nitrogen and oxygen atoms in total. The van der Waals surface area contributed by atoms with Crippen LogP contribution in [0.2, 0.25) is 0 Å². The summed E-state index contributed by atoms with van der Waals surface area (Å²) >= 11 is 0. The summed E-state index contributed by atoms with van der Waals surface area (Å²) in [6, 6.07) is 15.0. The average molecular weight is 449 g/mol. The summed E-state index contributed by atoms with van der Waals surface area (Å²) in [7, 11) is 0. The Kier molecular flexibility index (Phi) is 6.29. The minimum atomic E-state index is -0.490. The van der Waals surface area contributed by atoms with Gasteiger partial charge >= 0.3 is 6.03 Å². The van der Waals surface area contributed by atoms with Gasteiger partial charge in [0.2, 0.25) is 0 Å². The van der Waals surface area contributed by atoms with Crippen LogP contribution in [0.1, 0.15) is 29.0 Å². The number of amides is 3. The predicted molar refractivity (Wildman–Crippen MR) is 120 cm³/mol. The number of aromatic nitrogens is 3. The molecule has 1 fully saturated rings. The smallest absolute Gasteiger partial charge is 0.321 e. The summed E-state index contributed by atoms with van der Waals surface area (Å²) in [5.74, 6) is -0.364. The van der Waals surface area contributed by atoms with Gasteiger partial charge in [0.15, 0.2) is 5.69 Å². The van der Waals surface area contributed by atoms with Crippen molar-refractivity contribution in [2.24, 2.45) is 0 Å². The molecule has 2 aromatic carbocycles. The Balaban J connectivity index is 1.35. The van der Waals surface area contributed by atoms with Gasteiger partial charge in [-0.05, 0) is 38.0 Å². The number of carbonyl (C=O) groups is 2. The number of benzene rings is 2. The van der Waals surface area contributed by atoms with E-state index in [1.807, 2.05) is 30.3 Å². The molecule has 3 amide bonds. The molecule has 0 bridgehead atoms. The molecule has 4 rings (SSSR count). The molecule has 1 saturated heterocycles. The molecule has 0 radical (unpaired) electrons. The summed E-state index contributed by atoms with van der Waals surface area (Å²) in [6.45, 7) is 2.72. The van der Waals surface area contributed by atoms with Crippen molar-refractivity contribution in [1.82, 2.24) is 25.2 Å². The second-order valence-corrected chi connectivity index (χ2v) is 7.74. The van der Waals surface area contributed by atoms with E-state index >= 15 is 0 Å². The van der Waals surface area contributed by atoms with Gasteiger partial charge in [-0.2, -0.15) is 0 Å². The van der Waals surface area contributed by atoms with Crippen LogP contribution in [0, 0.1) is 17.0 Å². The maximum absolute atomic E-state index is 12.8. The van der Waals surface area contributed by atoms with Crippen LogP contribution >= 0.6 is 0 Å². The van der Waals surface area contributed by atoms with Crippen molar-refractivity contribution < 1.29 is 14.5 Å². The van der Waals surface area contributed by atoms with E-state index < -0.39 is 4.92 Å². The first kappa shape index (κ1) is 21.9. The minimum absolute atomic E-state index is 0.0727. The fourth-order valence-electron chi connectivity index (χ4n) is 3.73. The second-order valence-electron chi connectivity index (χ2n) is 7.74. The Labute approximate surface area is 189 Å². The predicted octanol–water partition coefficient (Wildman–Crippen LogP) is 2.91. The standard InChI is InChI=1S/C22H23N7O4/c1-15-20(25-26-28(15)18-8-5-9-19(14-18)29(32)33)21(30)23-17-10-12-27(13-11-17)22(31)24-16-6-3-2-4-7-16/h2-9,14,17H,10-13H2,1H3,(H,23,30)(H,24,31). The Morgan fingerprint density at radius 1 is 1.09 bits per heavy atom. The van der Waals surface area contributed by atoms with Crippen molar-refractivity contribution in [3.63, 3.8) is 0 Å². The topological polar surface area (TPSA) is 135 Å². The lowest BCUT2D eigenvalue weighted by Gasteiger charge is -2.32. The SMILES string of the molecule is Cc1c(C(=O)NC2CCN(C(=O)Nc3ccccc3)CC2)nnn1-c1cccc([N+](=O)[O-])c1. The van der Waals surface area contributed by atoms with Crippen molar-refractivity contribution in [1.29, 1.82) is 0 Å². The molecule has 2 N–H and O–H groups in total. The minimum Gasteiger partial charge on any atom is -0.348 e. The summed E-state index contributed by atoms with van der Waals surface area (Å²) in [5, 5.41) is 24.8. The first-order valence-corrected chi connectivity index (χ1v) is 10.5. The molecule has 1 aliphatic heterocycles. The number of hydrogen-bond acceptors (Lipinski definition) is 6. The Morgan fingerprint density at radius 3 is 2.52 bits per heavy atom. The number of para-hydroxylation sites is 1. The van der Waals surface area contributed by atoms with Crippen LogP contribution in [0.25, 0.3) is 5.69 Å². The van der Waals surface area contributed by atoms with Crippen LogP contribution in [0.15, 0.2) is 54.6 Å². The van der Waals surface area contributed by atoms with Gasteiger partial charge in [-0.25, -0.2) is 9.48 Å². The number of nitro benzene ring substituents is 1. The van der Waals surface area contributed by atoms with E-state index in [0.717, 1.165) is 5.69 Å². The largest absolute Gasteiger partial charge is 0.348 e. The lowest BCUT2D eigenvalue weighted by atomic mass is 10.1. The highest BCUT2D eigenvalue weighted by atomic mass is 16.6. The van der Waals surface area contributed by atoms with E-state index in [4.69, 9.17) is 0 Å². The van der Waals surface area contributed by atoms with E-state index in [1.165, 1.54) is 16.8 Å². The number of carbonyl (C=O) groups excluding carboxylic acids is 2. The Hall–Kier alpha value is -4.28. The lowest BCUT2D eigenvalue weighted by Crippen LogP contribution is -2.47. The normalized spacial score (nSPS) is 14.0. The molecule has 33 heavy (non-hydrogen) atoms. The number of nitrogens with one attached hydrogen (secondary N) is 2. The number of likely N-dealkylation sites (tertiary alicyclic amines) is 1. The maximum Gasteiger partial charge on any atom is 0.321 e. The van der Waals surface area contributed by atoms with E-state index in [0.29, 0.717) is 37.3 Å². The van der Waals surface area contributed by atoms with Gasteiger partial charge in [-0.1, -0.05) is 29.5 Å². The van der Waals surface area contributed by atoms with Gasteiger partial charge in [0.1, 0.15) is 0 Å². The maximum atomic E-state index is 12.8. The van der Waals surface area contributed by atoms with Crippen LogP contribution < -0.4 is 10.6 Å². The zero-order valence-corrected chi connectivity index (χ0v) is 18.0. The third-order valence-electron chi connectivity index (χ3n) is 5.54. The number of piperidine rings is 1. The molecule has 170 valence electrons. The molecular weight excluding hydrogens is 426 g/mol. The molecule has 0 aliphatic carbocycles. The fourth-order valence-corrected chi connectivity index (χ4v) is 3.73. The number of non-ortho nitro benzene ring substituents is 1. The van der Waals surface area contributed by atoms with Crippen LogP contribution in [0.5, 0.6) is 0 Å². The molecule has 0 saturated carbocycles. The third kappa shape index (κ3) is 4.97. The molecule has 0 atom stereocenters. The van der Waals surface area contributed by atoms with Gasteiger partial charge < -0.3 is 15.5 Å².